The number of guanidine groups is 1. The molecule has 6 heteroatoms. The van der Waals surface area contributed by atoms with Crippen molar-refractivity contribution < 1.29 is 9.47 Å². The van der Waals surface area contributed by atoms with E-state index in [9.17, 15) is 0 Å². The summed E-state index contributed by atoms with van der Waals surface area (Å²) >= 11 is 0. The van der Waals surface area contributed by atoms with Gasteiger partial charge in [-0.05, 0) is 19.3 Å². The summed E-state index contributed by atoms with van der Waals surface area (Å²) < 4.78 is 11.5. The van der Waals surface area contributed by atoms with E-state index in [4.69, 9.17) is 9.47 Å². The highest BCUT2D eigenvalue weighted by Gasteiger charge is 2.65. The number of ether oxygens (including phenoxy) is 2. The lowest BCUT2D eigenvalue weighted by Gasteiger charge is -2.57. The van der Waals surface area contributed by atoms with Crippen molar-refractivity contribution in [1.29, 1.82) is 0 Å². The van der Waals surface area contributed by atoms with Crippen molar-refractivity contribution in [2.45, 2.75) is 44.2 Å². The summed E-state index contributed by atoms with van der Waals surface area (Å²) in [5.74, 6) is 1.64. The lowest BCUT2D eigenvalue weighted by Crippen LogP contribution is -2.69. The molecule has 2 saturated heterocycles. The van der Waals surface area contributed by atoms with Crippen LogP contribution in [-0.4, -0.2) is 76.1 Å². The number of rotatable bonds is 4. The molecule has 136 valence electrons. The van der Waals surface area contributed by atoms with Crippen LogP contribution in [0.1, 0.15) is 32.1 Å². The first-order valence-electron chi connectivity index (χ1n) is 9.72. The Kier molecular flexibility index (Phi) is 4.97. The number of nitrogens with one attached hydrogen (secondary N) is 2. The van der Waals surface area contributed by atoms with Crippen molar-refractivity contribution in [1.82, 2.24) is 15.5 Å². The van der Waals surface area contributed by atoms with E-state index in [-0.39, 0.29) is 0 Å². The maximum atomic E-state index is 6.08. The van der Waals surface area contributed by atoms with E-state index in [1.165, 1.54) is 32.1 Å². The van der Waals surface area contributed by atoms with Gasteiger partial charge in [0.05, 0.1) is 19.3 Å². The Hall–Kier alpha value is -0.850. The highest BCUT2D eigenvalue weighted by molar-refractivity contribution is 5.80. The second-order valence-electron chi connectivity index (χ2n) is 7.76. The fraction of sp³-hybridized carbons (Fsp3) is 0.944. The predicted molar refractivity (Wildman–Crippen MR) is 94.3 cm³/mol. The van der Waals surface area contributed by atoms with Gasteiger partial charge in [0, 0.05) is 57.2 Å². The van der Waals surface area contributed by atoms with Crippen LogP contribution >= 0.6 is 0 Å². The number of nitrogens with zero attached hydrogens (tertiary/aromatic N) is 2. The molecule has 2 aliphatic heterocycles. The highest BCUT2D eigenvalue weighted by Crippen LogP contribution is 2.60. The van der Waals surface area contributed by atoms with E-state index >= 15 is 0 Å². The van der Waals surface area contributed by atoms with Crippen molar-refractivity contribution in [2.24, 2.45) is 16.3 Å². The summed E-state index contributed by atoms with van der Waals surface area (Å²) in [4.78, 5) is 6.92. The maximum absolute atomic E-state index is 6.08. The minimum Gasteiger partial charge on any atom is -0.379 e. The summed E-state index contributed by atoms with van der Waals surface area (Å²) in [6.45, 7) is 6.74. The number of aliphatic imine (C=N–C) groups is 1. The van der Waals surface area contributed by atoms with E-state index in [0.29, 0.717) is 23.5 Å². The Morgan fingerprint density at radius 3 is 2.75 bits per heavy atom. The van der Waals surface area contributed by atoms with Gasteiger partial charge in [-0.3, -0.25) is 9.89 Å². The summed E-state index contributed by atoms with van der Waals surface area (Å²) in [6.07, 6.45) is 7.05. The lowest BCUT2D eigenvalue weighted by atomic mass is 9.54. The molecule has 4 rings (SSSR count). The molecular weight excluding hydrogens is 304 g/mol. The fourth-order valence-corrected chi connectivity index (χ4v) is 5.40. The van der Waals surface area contributed by atoms with E-state index in [0.717, 1.165) is 52.0 Å². The van der Waals surface area contributed by atoms with Crippen LogP contribution in [0.25, 0.3) is 0 Å². The van der Waals surface area contributed by atoms with Crippen LogP contribution in [0.4, 0.5) is 0 Å². The zero-order chi connectivity index (χ0) is 16.4. The van der Waals surface area contributed by atoms with E-state index in [1.807, 2.05) is 7.05 Å². The zero-order valence-electron chi connectivity index (χ0n) is 14.9. The number of hydrogen-bond donors (Lipinski definition) is 2. The van der Waals surface area contributed by atoms with Crippen molar-refractivity contribution >= 4 is 5.96 Å². The molecule has 1 spiro atoms. The molecule has 2 heterocycles. The molecule has 0 amide bonds. The monoisotopic (exact) mass is 336 g/mol. The van der Waals surface area contributed by atoms with Gasteiger partial charge >= 0.3 is 0 Å². The molecule has 0 bridgehead atoms. The molecule has 4 fully saturated rings. The predicted octanol–water partition coefficient (Wildman–Crippen LogP) is 0.831. The summed E-state index contributed by atoms with van der Waals surface area (Å²) in [7, 11) is 1.88. The first-order valence-corrected chi connectivity index (χ1v) is 9.72. The van der Waals surface area contributed by atoms with E-state index in [1.54, 1.807) is 0 Å². The van der Waals surface area contributed by atoms with E-state index < -0.39 is 0 Å². The molecule has 4 aliphatic rings. The Bertz CT molecular complexity index is 458. The number of hydrogen-bond acceptors (Lipinski definition) is 4. The van der Waals surface area contributed by atoms with E-state index in [2.05, 4.69) is 20.5 Å². The molecule has 0 aromatic carbocycles. The maximum Gasteiger partial charge on any atom is 0.191 e. The molecule has 0 radical (unpaired) electrons. The molecule has 6 nitrogen and oxygen atoms in total. The first-order chi connectivity index (χ1) is 11.8. The molecule has 3 unspecified atom stereocenters. The fourth-order valence-electron chi connectivity index (χ4n) is 5.40. The van der Waals surface area contributed by atoms with Crippen LogP contribution in [0.3, 0.4) is 0 Å². The normalized spacial score (nSPS) is 35.7. The molecule has 24 heavy (non-hydrogen) atoms. The minimum atomic E-state index is 0.378. The Morgan fingerprint density at radius 1 is 1.21 bits per heavy atom. The smallest absolute Gasteiger partial charge is 0.191 e. The van der Waals surface area contributed by atoms with Gasteiger partial charge in [-0.1, -0.05) is 12.8 Å². The van der Waals surface area contributed by atoms with Crippen molar-refractivity contribution in [2.75, 3.05) is 53.0 Å². The molecular formula is C18H32N4O2. The number of fused-ring (bicyclic) bond motifs is 2. The van der Waals surface area contributed by atoms with Gasteiger partial charge in [0.15, 0.2) is 5.96 Å². The standard InChI is InChI=1S/C18H32N4O2/c1-19-17(20-7-8-22-9-12-23-13-10-22)21-15-14-4-11-24-16(14)18(15)5-2-3-6-18/h14-16H,2-13H2,1H3,(H2,19,20,21). The van der Waals surface area contributed by atoms with Crippen LogP contribution in [-0.2, 0) is 9.47 Å². The average Bonchev–Trinajstić information content (AvgIpc) is 3.27. The van der Waals surface area contributed by atoms with Crippen molar-refractivity contribution in [3.8, 4) is 0 Å². The van der Waals surface area contributed by atoms with Crippen LogP contribution in [0, 0.1) is 11.3 Å². The van der Waals surface area contributed by atoms with Crippen LogP contribution in [0.2, 0.25) is 0 Å². The van der Waals surface area contributed by atoms with Crippen molar-refractivity contribution in [3.05, 3.63) is 0 Å². The van der Waals surface area contributed by atoms with Gasteiger partial charge in [0.25, 0.3) is 0 Å². The molecule has 0 aromatic heterocycles. The summed E-state index contributed by atoms with van der Waals surface area (Å²) in [5.41, 5.74) is 0.378. The molecule has 2 N–H and O–H groups in total. The van der Waals surface area contributed by atoms with Crippen LogP contribution in [0.15, 0.2) is 4.99 Å². The second-order valence-corrected chi connectivity index (χ2v) is 7.76. The topological polar surface area (TPSA) is 58.1 Å². The zero-order valence-corrected chi connectivity index (χ0v) is 14.9. The van der Waals surface area contributed by atoms with Gasteiger partial charge in [-0.15, -0.1) is 0 Å². The van der Waals surface area contributed by atoms with Crippen LogP contribution in [0.5, 0.6) is 0 Å². The van der Waals surface area contributed by atoms with Gasteiger partial charge < -0.3 is 20.1 Å². The van der Waals surface area contributed by atoms with Crippen LogP contribution < -0.4 is 10.6 Å². The van der Waals surface area contributed by atoms with Crippen molar-refractivity contribution in [3.63, 3.8) is 0 Å². The third-order valence-corrected chi connectivity index (χ3v) is 6.63. The Labute approximate surface area is 145 Å². The van der Waals surface area contributed by atoms with Gasteiger partial charge in [-0.25, -0.2) is 0 Å². The highest BCUT2D eigenvalue weighted by atomic mass is 16.5. The summed E-state index contributed by atoms with van der Waals surface area (Å²) in [6, 6.07) is 0.544. The van der Waals surface area contributed by atoms with Gasteiger partial charge in [0.2, 0.25) is 0 Å². The molecule has 3 atom stereocenters. The Balaban J connectivity index is 1.29. The molecule has 2 aliphatic carbocycles. The Morgan fingerprint density at radius 2 is 2.00 bits per heavy atom. The largest absolute Gasteiger partial charge is 0.379 e. The third-order valence-electron chi connectivity index (χ3n) is 6.63. The van der Waals surface area contributed by atoms with Gasteiger partial charge in [-0.2, -0.15) is 0 Å². The lowest BCUT2D eigenvalue weighted by molar-refractivity contribution is -0.125. The molecule has 0 aromatic rings. The molecule has 2 saturated carbocycles. The second kappa shape index (κ2) is 7.18. The minimum absolute atomic E-state index is 0.378. The average molecular weight is 336 g/mol. The quantitative estimate of drug-likeness (QED) is 0.588. The first kappa shape index (κ1) is 16.6. The third kappa shape index (κ3) is 2.93. The summed E-state index contributed by atoms with van der Waals surface area (Å²) in [5, 5.41) is 7.28. The van der Waals surface area contributed by atoms with Gasteiger partial charge in [0.1, 0.15) is 0 Å². The number of morpholine rings is 1. The SMILES string of the molecule is CN=C(NCCN1CCOCC1)NC1C2CCOC2C12CCCC2.